The molecule has 1 atom stereocenters. The van der Waals surface area contributed by atoms with Crippen molar-refractivity contribution in [3.8, 4) is 11.5 Å². The largest absolute Gasteiger partial charge is 0.494 e. The van der Waals surface area contributed by atoms with Gasteiger partial charge in [-0.3, -0.25) is 0 Å². The summed E-state index contributed by atoms with van der Waals surface area (Å²) in [6.07, 6.45) is 1.91. The summed E-state index contributed by atoms with van der Waals surface area (Å²) in [4.78, 5) is 5.01. The van der Waals surface area contributed by atoms with Gasteiger partial charge in [-0.05, 0) is 24.6 Å². The first-order valence-corrected chi connectivity index (χ1v) is 6.03. The van der Waals surface area contributed by atoms with E-state index >= 15 is 0 Å². The van der Waals surface area contributed by atoms with Crippen LogP contribution in [0.15, 0.2) is 18.2 Å². The molecule has 0 aliphatic carbocycles. The summed E-state index contributed by atoms with van der Waals surface area (Å²) in [5, 5.41) is 0. The second kappa shape index (κ2) is 5.89. The van der Waals surface area contributed by atoms with Crippen LogP contribution in [0.3, 0.4) is 0 Å². The number of hydrogen-bond acceptors (Lipinski definition) is 4. The van der Waals surface area contributed by atoms with Gasteiger partial charge >= 0.3 is 0 Å². The summed E-state index contributed by atoms with van der Waals surface area (Å²) in [5.74, 6) is 1.80. The van der Waals surface area contributed by atoms with Crippen LogP contribution >= 0.6 is 0 Å². The second-order valence-corrected chi connectivity index (χ2v) is 4.06. The van der Waals surface area contributed by atoms with Crippen LogP contribution in [0.4, 0.5) is 0 Å². The molecule has 0 amide bonds. The number of benzene rings is 1. The van der Waals surface area contributed by atoms with Crippen molar-refractivity contribution in [2.45, 2.75) is 25.8 Å². The Labute approximate surface area is 102 Å². The highest BCUT2D eigenvalue weighted by Gasteiger charge is 2.21. The maximum Gasteiger partial charge on any atom is 0.124 e. The number of rotatable bonds is 5. The monoisotopic (exact) mass is 237 g/mol. The Morgan fingerprint density at radius 3 is 3.12 bits per heavy atom. The van der Waals surface area contributed by atoms with E-state index in [2.05, 4.69) is 12.4 Å². The summed E-state index contributed by atoms with van der Waals surface area (Å²) in [6, 6.07) is 6.11. The van der Waals surface area contributed by atoms with E-state index in [1.165, 1.54) is 0 Å². The van der Waals surface area contributed by atoms with Gasteiger partial charge in [-0.2, -0.15) is 5.48 Å². The lowest BCUT2D eigenvalue weighted by atomic mass is 10.0. The molecule has 2 rings (SSSR count). The Balaban J connectivity index is 2.18. The van der Waals surface area contributed by atoms with Crippen molar-refractivity contribution in [2.75, 3.05) is 20.3 Å². The molecule has 0 fully saturated rings. The first kappa shape index (κ1) is 12.2. The standard InChI is InChI=1S/C13H19NO3/c1-3-7-16-10-4-5-13-11(9-10)12(14-15-2)6-8-17-13/h4-5,9,12,14H,3,6-8H2,1-2H3. The Morgan fingerprint density at radius 1 is 1.47 bits per heavy atom. The summed E-state index contributed by atoms with van der Waals surface area (Å²) in [6.45, 7) is 3.54. The van der Waals surface area contributed by atoms with Gasteiger partial charge in [0.1, 0.15) is 11.5 Å². The zero-order valence-corrected chi connectivity index (χ0v) is 10.4. The van der Waals surface area contributed by atoms with Gasteiger partial charge in [0.2, 0.25) is 0 Å². The van der Waals surface area contributed by atoms with Gasteiger partial charge in [0.05, 0.1) is 26.4 Å². The number of hydrogen-bond donors (Lipinski definition) is 1. The summed E-state index contributed by atoms with van der Waals surface area (Å²) >= 11 is 0. The third-order valence-electron chi connectivity index (χ3n) is 2.75. The Kier molecular flexibility index (Phi) is 4.23. The fraction of sp³-hybridized carbons (Fsp3) is 0.538. The molecule has 0 saturated heterocycles. The van der Waals surface area contributed by atoms with E-state index in [9.17, 15) is 0 Å². The van der Waals surface area contributed by atoms with Gasteiger partial charge in [0.25, 0.3) is 0 Å². The van der Waals surface area contributed by atoms with E-state index in [4.69, 9.17) is 14.3 Å². The maximum absolute atomic E-state index is 5.62. The second-order valence-electron chi connectivity index (χ2n) is 4.06. The van der Waals surface area contributed by atoms with E-state index < -0.39 is 0 Å². The highest BCUT2D eigenvalue weighted by molar-refractivity contribution is 5.43. The van der Waals surface area contributed by atoms with Crippen LogP contribution in [-0.2, 0) is 4.84 Å². The van der Waals surface area contributed by atoms with Gasteiger partial charge in [0, 0.05) is 12.0 Å². The molecular formula is C13H19NO3. The molecule has 0 bridgehead atoms. The van der Waals surface area contributed by atoms with Crippen molar-refractivity contribution >= 4 is 0 Å². The van der Waals surface area contributed by atoms with E-state index in [0.29, 0.717) is 6.61 Å². The summed E-state index contributed by atoms with van der Waals surface area (Å²) in [7, 11) is 1.63. The molecule has 0 radical (unpaired) electrons. The van der Waals surface area contributed by atoms with E-state index in [0.717, 1.165) is 36.5 Å². The molecule has 1 N–H and O–H groups in total. The highest BCUT2D eigenvalue weighted by atomic mass is 16.6. The average molecular weight is 237 g/mol. The summed E-state index contributed by atoms with van der Waals surface area (Å²) in [5.41, 5.74) is 4.09. The first-order chi connectivity index (χ1) is 8.35. The van der Waals surface area contributed by atoms with Crippen LogP contribution in [0.25, 0.3) is 0 Å². The van der Waals surface area contributed by atoms with Crippen molar-refractivity contribution in [1.29, 1.82) is 0 Å². The third kappa shape index (κ3) is 2.90. The van der Waals surface area contributed by atoms with E-state index in [-0.39, 0.29) is 6.04 Å². The predicted octanol–water partition coefficient (Wildman–Crippen LogP) is 2.45. The SMILES string of the molecule is CCCOc1ccc2c(c1)C(NOC)CCO2. The van der Waals surface area contributed by atoms with Crippen molar-refractivity contribution in [1.82, 2.24) is 5.48 Å². The molecule has 17 heavy (non-hydrogen) atoms. The minimum Gasteiger partial charge on any atom is -0.494 e. The molecule has 0 saturated carbocycles. The molecule has 1 aliphatic heterocycles. The zero-order valence-electron chi connectivity index (χ0n) is 10.4. The molecule has 1 unspecified atom stereocenters. The molecule has 1 aliphatic rings. The molecule has 4 heteroatoms. The Bertz CT molecular complexity index is 368. The predicted molar refractivity (Wildman–Crippen MR) is 65.2 cm³/mol. The van der Waals surface area contributed by atoms with Crippen LogP contribution in [0.5, 0.6) is 11.5 Å². The minimum atomic E-state index is 0.175. The number of fused-ring (bicyclic) bond motifs is 1. The zero-order chi connectivity index (χ0) is 12.1. The molecule has 0 spiro atoms. The lowest BCUT2D eigenvalue weighted by Crippen LogP contribution is -2.26. The normalized spacial score (nSPS) is 18.4. The lowest BCUT2D eigenvalue weighted by Gasteiger charge is -2.26. The molecule has 1 aromatic carbocycles. The average Bonchev–Trinajstić information content (AvgIpc) is 2.37. The molecular weight excluding hydrogens is 218 g/mol. The first-order valence-electron chi connectivity index (χ1n) is 6.03. The lowest BCUT2D eigenvalue weighted by molar-refractivity contribution is 0.0462. The van der Waals surface area contributed by atoms with E-state index in [1.807, 2.05) is 18.2 Å². The van der Waals surface area contributed by atoms with Crippen LogP contribution < -0.4 is 15.0 Å². The van der Waals surface area contributed by atoms with Gasteiger partial charge < -0.3 is 14.3 Å². The fourth-order valence-corrected chi connectivity index (χ4v) is 1.95. The van der Waals surface area contributed by atoms with Gasteiger partial charge in [0.15, 0.2) is 0 Å². The minimum absolute atomic E-state index is 0.175. The number of hydroxylamine groups is 1. The molecule has 1 heterocycles. The van der Waals surface area contributed by atoms with Crippen molar-refractivity contribution in [2.24, 2.45) is 0 Å². The van der Waals surface area contributed by atoms with Crippen LogP contribution in [0.1, 0.15) is 31.4 Å². The topological polar surface area (TPSA) is 39.7 Å². The van der Waals surface area contributed by atoms with Gasteiger partial charge in [-0.1, -0.05) is 6.92 Å². The van der Waals surface area contributed by atoms with Gasteiger partial charge in [-0.15, -0.1) is 0 Å². The van der Waals surface area contributed by atoms with E-state index in [1.54, 1.807) is 7.11 Å². The van der Waals surface area contributed by atoms with Crippen molar-refractivity contribution in [3.63, 3.8) is 0 Å². The molecule has 0 aromatic heterocycles. The van der Waals surface area contributed by atoms with Gasteiger partial charge in [-0.25, -0.2) is 0 Å². The Hall–Kier alpha value is -1.26. The number of ether oxygens (including phenoxy) is 2. The molecule has 94 valence electrons. The van der Waals surface area contributed by atoms with Crippen LogP contribution in [0.2, 0.25) is 0 Å². The molecule has 1 aromatic rings. The van der Waals surface area contributed by atoms with Crippen molar-refractivity contribution in [3.05, 3.63) is 23.8 Å². The Morgan fingerprint density at radius 2 is 2.35 bits per heavy atom. The number of nitrogens with one attached hydrogen (secondary N) is 1. The fourth-order valence-electron chi connectivity index (χ4n) is 1.95. The highest BCUT2D eigenvalue weighted by Crippen LogP contribution is 2.34. The van der Waals surface area contributed by atoms with Crippen LogP contribution in [-0.4, -0.2) is 20.3 Å². The maximum atomic E-state index is 5.62. The van der Waals surface area contributed by atoms with Crippen molar-refractivity contribution < 1.29 is 14.3 Å². The third-order valence-corrected chi connectivity index (χ3v) is 2.75. The molecule has 4 nitrogen and oxygen atoms in total. The summed E-state index contributed by atoms with van der Waals surface area (Å²) < 4.78 is 11.2. The quantitative estimate of drug-likeness (QED) is 0.798. The smallest absolute Gasteiger partial charge is 0.124 e. The van der Waals surface area contributed by atoms with Crippen LogP contribution in [0, 0.1) is 0 Å².